The molecule has 9 heteroatoms. The van der Waals surface area contributed by atoms with Gasteiger partial charge in [-0.15, -0.1) is 3.89 Å². The smallest absolute Gasteiger partial charge is 0.411 e. The minimum absolute atomic E-state index is 0.113. The van der Waals surface area contributed by atoms with Crippen LogP contribution >= 0.6 is 0 Å². The normalized spacial score (nSPS) is 15.7. The van der Waals surface area contributed by atoms with Gasteiger partial charge in [0.1, 0.15) is 11.5 Å². The Labute approximate surface area is 223 Å². The van der Waals surface area contributed by atoms with E-state index >= 15 is 0 Å². The van der Waals surface area contributed by atoms with Crippen LogP contribution in [0.25, 0.3) is 11.1 Å². The van der Waals surface area contributed by atoms with Gasteiger partial charge >= 0.3 is 16.3 Å². The van der Waals surface area contributed by atoms with Crippen molar-refractivity contribution < 1.29 is 21.8 Å². The Hall–Kier alpha value is -3.27. The maximum absolute atomic E-state index is 14.5. The molecule has 0 radical (unpaired) electrons. The fraction of sp³-hybridized carbons (Fsp3) is 0.345. The summed E-state index contributed by atoms with van der Waals surface area (Å²) >= 11 is 0. The molecule has 1 aliphatic carbocycles. The van der Waals surface area contributed by atoms with Crippen molar-refractivity contribution >= 4 is 22.0 Å². The molecule has 0 spiro atoms. The lowest BCUT2D eigenvalue weighted by atomic mass is 9.96. The highest BCUT2D eigenvalue weighted by atomic mass is 32.3. The number of anilines is 1. The highest BCUT2D eigenvalue weighted by Gasteiger charge is 2.30. The second kappa shape index (κ2) is 10.5. The SMILES string of the molecule is Cc1c(CN2CCNCC2)c(C)c(S(=O)(=O)F)c(C)c1NC(=O)OCC1c2ccccc2-c2ccccc21. The molecule has 200 valence electrons. The third kappa shape index (κ3) is 4.93. The van der Waals surface area contributed by atoms with Crippen molar-refractivity contribution in [2.24, 2.45) is 0 Å². The lowest BCUT2D eigenvalue weighted by Gasteiger charge is -2.30. The number of nitrogens with zero attached hydrogens (tertiary/aromatic N) is 1. The predicted molar refractivity (Wildman–Crippen MR) is 146 cm³/mol. The van der Waals surface area contributed by atoms with Crippen LogP contribution in [0.5, 0.6) is 0 Å². The summed E-state index contributed by atoms with van der Waals surface area (Å²) in [6.07, 6.45) is -0.711. The van der Waals surface area contributed by atoms with Gasteiger partial charge in [0, 0.05) is 38.6 Å². The minimum Gasteiger partial charge on any atom is -0.448 e. The molecule has 0 atom stereocenters. The molecule has 1 saturated heterocycles. The number of halogens is 1. The van der Waals surface area contributed by atoms with E-state index in [9.17, 15) is 17.1 Å². The van der Waals surface area contributed by atoms with Gasteiger partial charge in [-0.25, -0.2) is 4.79 Å². The van der Waals surface area contributed by atoms with Crippen molar-refractivity contribution in [1.29, 1.82) is 0 Å². The Balaban J connectivity index is 1.41. The second-order valence-electron chi connectivity index (χ2n) is 9.97. The van der Waals surface area contributed by atoms with Crippen molar-refractivity contribution in [2.75, 3.05) is 38.1 Å². The van der Waals surface area contributed by atoms with Crippen LogP contribution in [0.1, 0.15) is 39.3 Å². The minimum atomic E-state index is -5.02. The van der Waals surface area contributed by atoms with Gasteiger partial charge in [-0.1, -0.05) is 48.5 Å². The van der Waals surface area contributed by atoms with E-state index in [1.54, 1.807) is 6.92 Å². The molecule has 1 amide bonds. The average molecular weight is 538 g/mol. The molecule has 1 fully saturated rings. The van der Waals surface area contributed by atoms with E-state index in [-0.39, 0.29) is 28.7 Å². The molecule has 0 saturated carbocycles. The summed E-state index contributed by atoms with van der Waals surface area (Å²) in [7, 11) is -5.02. The van der Waals surface area contributed by atoms with Gasteiger partial charge < -0.3 is 10.1 Å². The van der Waals surface area contributed by atoms with E-state index in [1.807, 2.05) is 43.3 Å². The Morgan fingerprint density at radius 1 is 0.974 bits per heavy atom. The summed E-state index contributed by atoms with van der Waals surface area (Å²) in [6.45, 7) is 8.77. The largest absolute Gasteiger partial charge is 0.448 e. The Bertz CT molecular complexity index is 1450. The molecule has 38 heavy (non-hydrogen) atoms. The molecule has 0 aromatic heterocycles. The highest BCUT2D eigenvalue weighted by Crippen LogP contribution is 2.44. The maximum atomic E-state index is 14.5. The molecule has 5 rings (SSSR count). The van der Waals surface area contributed by atoms with Crippen molar-refractivity contribution in [3.8, 4) is 11.1 Å². The van der Waals surface area contributed by atoms with Gasteiger partial charge in [0.05, 0.1) is 5.69 Å². The van der Waals surface area contributed by atoms with Gasteiger partial charge in [0.2, 0.25) is 0 Å². The number of carbonyl (C=O) groups is 1. The van der Waals surface area contributed by atoms with Crippen LogP contribution in [0.2, 0.25) is 0 Å². The van der Waals surface area contributed by atoms with Gasteiger partial charge in [0.25, 0.3) is 0 Å². The Morgan fingerprint density at radius 2 is 1.55 bits per heavy atom. The van der Waals surface area contributed by atoms with Gasteiger partial charge in [-0.05, 0) is 65.3 Å². The first-order valence-corrected chi connectivity index (χ1v) is 14.2. The monoisotopic (exact) mass is 537 g/mol. The predicted octanol–water partition coefficient (Wildman–Crippen LogP) is 5.04. The summed E-state index contributed by atoms with van der Waals surface area (Å²) in [5, 5.41) is 6.04. The number of benzene rings is 3. The van der Waals surface area contributed by atoms with Crippen molar-refractivity contribution in [1.82, 2.24) is 10.2 Å². The van der Waals surface area contributed by atoms with Crippen LogP contribution in [-0.4, -0.2) is 52.2 Å². The number of nitrogens with one attached hydrogen (secondary N) is 2. The maximum Gasteiger partial charge on any atom is 0.411 e. The average Bonchev–Trinajstić information content (AvgIpc) is 3.21. The van der Waals surface area contributed by atoms with E-state index in [0.717, 1.165) is 48.4 Å². The summed E-state index contributed by atoms with van der Waals surface area (Å²) in [5.41, 5.74) is 6.65. The van der Waals surface area contributed by atoms with Crippen molar-refractivity contribution in [2.45, 2.75) is 38.1 Å². The number of fused-ring (bicyclic) bond motifs is 3. The molecular formula is C29H32FN3O4S. The fourth-order valence-corrected chi connectivity index (χ4v) is 6.82. The lowest BCUT2D eigenvalue weighted by Crippen LogP contribution is -2.43. The number of ether oxygens (including phenoxy) is 1. The second-order valence-corrected chi connectivity index (χ2v) is 11.3. The summed E-state index contributed by atoms with van der Waals surface area (Å²) in [5.74, 6) is -0.113. The quantitative estimate of drug-likeness (QED) is 0.429. The summed E-state index contributed by atoms with van der Waals surface area (Å²) in [4.78, 5) is 14.9. The van der Waals surface area contributed by atoms with Crippen LogP contribution in [0.4, 0.5) is 14.4 Å². The zero-order valence-electron chi connectivity index (χ0n) is 21.8. The van der Waals surface area contributed by atoms with E-state index in [1.165, 1.54) is 6.92 Å². The molecule has 0 bridgehead atoms. The topological polar surface area (TPSA) is 87.7 Å². The van der Waals surface area contributed by atoms with E-state index in [4.69, 9.17) is 4.74 Å². The molecule has 3 aromatic carbocycles. The zero-order chi connectivity index (χ0) is 27.0. The number of hydrogen-bond donors (Lipinski definition) is 2. The molecular weight excluding hydrogens is 505 g/mol. The van der Waals surface area contributed by atoms with Gasteiger partial charge in [-0.2, -0.15) is 8.42 Å². The first kappa shape index (κ1) is 26.3. The molecule has 7 nitrogen and oxygen atoms in total. The summed E-state index contributed by atoms with van der Waals surface area (Å²) in [6, 6.07) is 16.1. The fourth-order valence-electron chi connectivity index (χ4n) is 5.87. The Kier molecular flexibility index (Phi) is 7.26. The van der Waals surface area contributed by atoms with Crippen LogP contribution in [0.3, 0.4) is 0 Å². The van der Waals surface area contributed by atoms with Crippen LogP contribution in [-0.2, 0) is 21.5 Å². The van der Waals surface area contributed by atoms with Crippen LogP contribution < -0.4 is 10.6 Å². The van der Waals surface area contributed by atoms with E-state index in [0.29, 0.717) is 23.2 Å². The zero-order valence-corrected chi connectivity index (χ0v) is 22.6. The number of amides is 1. The first-order chi connectivity index (χ1) is 18.2. The van der Waals surface area contributed by atoms with Crippen molar-refractivity contribution in [3.05, 3.63) is 81.9 Å². The summed E-state index contributed by atoms with van der Waals surface area (Å²) < 4.78 is 44.5. The Morgan fingerprint density at radius 3 is 2.13 bits per heavy atom. The van der Waals surface area contributed by atoms with Crippen LogP contribution in [0.15, 0.2) is 53.4 Å². The van der Waals surface area contributed by atoms with Gasteiger partial charge in [0.15, 0.2) is 0 Å². The highest BCUT2D eigenvalue weighted by molar-refractivity contribution is 7.86. The standard InChI is InChI=1S/C29H32FN3O4S/c1-18-25(16-33-14-12-31-13-15-33)19(2)28(38(30,35)36)20(3)27(18)32-29(34)37-17-26-23-10-6-4-8-21(23)22-9-5-7-11-24(22)26/h4-11,26,31H,12-17H2,1-3H3,(H,32,34). The molecule has 0 unspecified atom stereocenters. The number of hydrogen-bond acceptors (Lipinski definition) is 6. The third-order valence-electron chi connectivity index (χ3n) is 7.74. The molecule has 2 N–H and O–H groups in total. The number of rotatable bonds is 6. The van der Waals surface area contributed by atoms with Gasteiger partial charge in [-0.3, -0.25) is 10.2 Å². The third-order valence-corrected chi connectivity index (χ3v) is 8.84. The van der Waals surface area contributed by atoms with Crippen LogP contribution in [0, 0.1) is 20.8 Å². The molecule has 2 aliphatic rings. The van der Waals surface area contributed by atoms with E-state index < -0.39 is 16.3 Å². The molecule has 1 aliphatic heterocycles. The number of piperazine rings is 1. The lowest BCUT2D eigenvalue weighted by molar-refractivity contribution is 0.158. The molecule has 3 aromatic rings. The number of carbonyl (C=O) groups excluding carboxylic acids is 1. The van der Waals surface area contributed by atoms with E-state index in [2.05, 4.69) is 27.7 Å². The first-order valence-electron chi connectivity index (χ1n) is 12.8. The van der Waals surface area contributed by atoms with Crippen molar-refractivity contribution in [3.63, 3.8) is 0 Å². The molecule has 1 heterocycles.